The van der Waals surface area contributed by atoms with Gasteiger partial charge in [0.05, 0.1) is 31.6 Å². The van der Waals surface area contributed by atoms with E-state index in [9.17, 15) is 4.79 Å². The molecule has 0 aromatic carbocycles. The molecule has 0 aliphatic carbocycles. The number of rotatable bonds is 4. The van der Waals surface area contributed by atoms with Gasteiger partial charge in [-0.3, -0.25) is 14.5 Å². The molecule has 1 N–H and O–H groups in total. The van der Waals surface area contributed by atoms with Gasteiger partial charge in [0.25, 0.3) is 0 Å². The van der Waals surface area contributed by atoms with E-state index in [0.717, 1.165) is 38.0 Å². The molecule has 0 radical (unpaired) electrons. The Morgan fingerprint density at radius 1 is 1.46 bits per heavy atom. The van der Waals surface area contributed by atoms with Crippen LogP contribution in [0, 0.1) is 5.41 Å². The third-order valence-electron chi connectivity index (χ3n) is 4.37. The first kappa shape index (κ1) is 16.8. The van der Waals surface area contributed by atoms with E-state index in [4.69, 9.17) is 9.73 Å². The Morgan fingerprint density at radius 2 is 2.25 bits per heavy atom. The van der Waals surface area contributed by atoms with Crippen LogP contribution in [-0.2, 0) is 16.6 Å². The van der Waals surface area contributed by atoms with Gasteiger partial charge in [-0.25, -0.2) is 0 Å². The lowest BCUT2D eigenvalue weighted by molar-refractivity contribution is -0.120. The van der Waals surface area contributed by atoms with Crippen molar-refractivity contribution >= 4 is 17.6 Å². The van der Waals surface area contributed by atoms with E-state index < -0.39 is 0 Å². The first-order chi connectivity index (χ1) is 11.5. The minimum absolute atomic E-state index is 0.0676. The van der Waals surface area contributed by atoms with Gasteiger partial charge in [-0.15, -0.1) is 0 Å². The Morgan fingerprint density at radius 3 is 2.79 bits per heavy atom. The Hall–Kier alpha value is -2.09. The topological polar surface area (TPSA) is 75.0 Å². The van der Waals surface area contributed by atoms with Crippen molar-refractivity contribution in [3.05, 3.63) is 12.4 Å². The molecule has 132 valence electrons. The van der Waals surface area contributed by atoms with Gasteiger partial charge in [-0.1, -0.05) is 6.92 Å². The molecule has 8 nitrogen and oxygen atoms in total. The van der Waals surface area contributed by atoms with Gasteiger partial charge in [-0.05, 0) is 6.92 Å². The normalized spacial score (nSPS) is 21.0. The molecule has 8 heteroatoms. The molecule has 0 bridgehead atoms. The summed E-state index contributed by atoms with van der Waals surface area (Å²) < 4.78 is 7.00. The number of aromatic nitrogens is 2. The second-order valence-corrected chi connectivity index (χ2v) is 6.81. The highest BCUT2D eigenvalue weighted by molar-refractivity contribution is 5.98. The van der Waals surface area contributed by atoms with Crippen molar-refractivity contribution in [2.45, 2.75) is 13.8 Å². The highest BCUT2D eigenvalue weighted by Crippen LogP contribution is 2.26. The molecule has 3 heterocycles. The summed E-state index contributed by atoms with van der Waals surface area (Å²) in [6.07, 6.45) is 3.59. The quantitative estimate of drug-likeness (QED) is 0.623. The maximum absolute atomic E-state index is 12.5. The van der Waals surface area contributed by atoms with Gasteiger partial charge in [0.1, 0.15) is 6.54 Å². The second kappa shape index (κ2) is 6.80. The first-order valence-corrected chi connectivity index (χ1v) is 8.41. The van der Waals surface area contributed by atoms with Crippen LogP contribution in [0.2, 0.25) is 0 Å². The van der Waals surface area contributed by atoms with Crippen LogP contribution in [0.4, 0.5) is 5.69 Å². The number of hydrogen-bond donors (Lipinski definition) is 1. The van der Waals surface area contributed by atoms with Crippen LogP contribution in [0.15, 0.2) is 17.4 Å². The monoisotopic (exact) mass is 334 g/mol. The molecule has 2 aliphatic heterocycles. The molecule has 1 aromatic rings. The molecule has 0 spiro atoms. The molecule has 3 rings (SSSR count). The number of nitrogens with one attached hydrogen (secondary N) is 1. The van der Waals surface area contributed by atoms with Crippen LogP contribution in [0.5, 0.6) is 0 Å². The van der Waals surface area contributed by atoms with Crippen molar-refractivity contribution in [1.82, 2.24) is 20.0 Å². The van der Waals surface area contributed by atoms with Crippen LogP contribution in [0.1, 0.15) is 13.8 Å². The standard InChI is InChI=1S/C16H26N6O2/c1-4-17-15(18-10-16(2)11-24-12-16)21-5-6-22(14(23)9-21)13-7-19-20(3)8-13/h7-8H,4-6,9-12H2,1-3H3,(H,17,18). The number of anilines is 1. The largest absolute Gasteiger partial charge is 0.380 e. The molecular formula is C16H26N6O2. The maximum atomic E-state index is 12.5. The van der Waals surface area contributed by atoms with Crippen molar-refractivity contribution in [1.29, 1.82) is 0 Å². The van der Waals surface area contributed by atoms with Gasteiger partial charge in [-0.2, -0.15) is 5.10 Å². The van der Waals surface area contributed by atoms with Gasteiger partial charge < -0.3 is 19.9 Å². The number of aliphatic imine (C=N–C) groups is 1. The third-order valence-corrected chi connectivity index (χ3v) is 4.37. The van der Waals surface area contributed by atoms with Crippen molar-refractivity contribution in [3.8, 4) is 0 Å². The molecule has 1 aromatic heterocycles. The third kappa shape index (κ3) is 3.53. The number of aryl methyl sites for hydroxylation is 1. The lowest BCUT2D eigenvalue weighted by Gasteiger charge is -2.38. The fourth-order valence-electron chi connectivity index (χ4n) is 2.91. The van der Waals surface area contributed by atoms with Crippen molar-refractivity contribution in [3.63, 3.8) is 0 Å². The van der Waals surface area contributed by atoms with Gasteiger partial charge >= 0.3 is 0 Å². The number of guanidine groups is 1. The molecule has 1 amide bonds. The van der Waals surface area contributed by atoms with E-state index >= 15 is 0 Å². The summed E-state index contributed by atoms with van der Waals surface area (Å²) in [6.45, 7) is 8.93. The Kier molecular flexibility index (Phi) is 4.75. The second-order valence-electron chi connectivity index (χ2n) is 6.81. The minimum Gasteiger partial charge on any atom is -0.380 e. The Balaban J connectivity index is 1.65. The summed E-state index contributed by atoms with van der Waals surface area (Å²) in [4.78, 5) is 21.1. The summed E-state index contributed by atoms with van der Waals surface area (Å²) in [6, 6.07) is 0. The number of piperazine rings is 1. The van der Waals surface area contributed by atoms with Crippen molar-refractivity contribution in [2.75, 3.05) is 50.8 Å². The number of ether oxygens (including phenoxy) is 1. The number of carbonyl (C=O) groups is 1. The summed E-state index contributed by atoms with van der Waals surface area (Å²) in [5.41, 5.74) is 0.977. The predicted octanol–water partition coefficient (Wildman–Crippen LogP) is 0.0707. The molecule has 0 unspecified atom stereocenters. The van der Waals surface area contributed by atoms with E-state index in [-0.39, 0.29) is 11.3 Å². The van der Waals surface area contributed by atoms with Crippen LogP contribution in [0.3, 0.4) is 0 Å². The average Bonchev–Trinajstić information content (AvgIpc) is 2.95. The zero-order chi connectivity index (χ0) is 17.2. The summed E-state index contributed by atoms with van der Waals surface area (Å²) in [5.74, 6) is 0.878. The molecule has 2 saturated heterocycles. The Labute approximate surface area is 142 Å². The maximum Gasteiger partial charge on any atom is 0.246 e. The van der Waals surface area contributed by atoms with Gasteiger partial charge in [0, 0.05) is 38.3 Å². The number of carbonyl (C=O) groups excluding carboxylic acids is 1. The van der Waals surface area contributed by atoms with Gasteiger partial charge in [0.15, 0.2) is 5.96 Å². The lowest BCUT2D eigenvalue weighted by Crippen LogP contribution is -2.55. The van der Waals surface area contributed by atoms with Crippen LogP contribution < -0.4 is 10.2 Å². The SMILES string of the molecule is CCNC(=NCC1(C)COC1)N1CCN(c2cnn(C)c2)C(=O)C1. The zero-order valence-corrected chi connectivity index (χ0v) is 14.7. The zero-order valence-electron chi connectivity index (χ0n) is 14.7. The van der Waals surface area contributed by atoms with Gasteiger partial charge in [0.2, 0.25) is 5.91 Å². The molecule has 2 fully saturated rings. The Bertz CT molecular complexity index is 622. The molecule has 0 atom stereocenters. The van der Waals surface area contributed by atoms with E-state index in [0.29, 0.717) is 19.6 Å². The number of nitrogens with zero attached hydrogens (tertiary/aromatic N) is 5. The van der Waals surface area contributed by atoms with Crippen molar-refractivity contribution in [2.24, 2.45) is 17.5 Å². The minimum atomic E-state index is 0.0676. The summed E-state index contributed by atoms with van der Waals surface area (Å²) >= 11 is 0. The van der Waals surface area contributed by atoms with E-state index in [2.05, 4.69) is 17.3 Å². The lowest BCUT2D eigenvalue weighted by atomic mass is 9.89. The number of amides is 1. The molecular weight excluding hydrogens is 308 g/mol. The highest BCUT2D eigenvalue weighted by atomic mass is 16.5. The fourth-order valence-corrected chi connectivity index (χ4v) is 2.91. The summed E-state index contributed by atoms with van der Waals surface area (Å²) in [7, 11) is 1.85. The van der Waals surface area contributed by atoms with Crippen LogP contribution >= 0.6 is 0 Å². The van der Waals surface area contributed by atoms with Crippen molar-refractivity contribution < 1.29 is 9.53 Å². The van der Waals surface area contributed by atoms with E-state index in [1.165, 1.54) is 0 Å². The predicted molar refractivity (Wildman–Crippen MR) is 92.0 cm³/mol. The van der Waals surface area contributed by atoms with Crippen LogP contribution in [0.25, 0.3) is 0 Å². The van der Waals surface area contributed by atoms with E-state index in [1.807, 2.05) is 25.1 Å². The number of hydrogen-bond acceptors (Lipinski definition) is 4. The molecule has 24 heavy (non-hydrogen) atoms. The molecule has 0 saturated carbocycles. The highest BCUT2D eigenvalue weighted by Gasteiger charge is 2.34. The van der Waals surface area contributed by atoms with Crippen LogP contribution in [-0.4, -0.2) is 72.5 Å². The average molecular weight is 334 g/mol. The van der Waals surface area contributed by atoms with E-state index in [1.54, 1.807) is 15.8 Å². The summed E-state index contributed by atoms with van der Waals surface area (Å²) in [5, 5.41) is 7.44. The molecule has 2 aliphatic rings. The first-order valence-electron chi connectivity index (χ1n) is 8.41. The smallest absolute Gasteiger partial charge is 0.246 e. The fraction of sp³-hybridized carbons (Fsp3) is 0.688.